The Balaban J connectivity index is 3.98. The van der Waals surface area contributed by atoms with Gasteiger partial charge in [0.2, 0.25) is 10.0 Å². The highest BCUT2D eigenvalue weighted by Crippen LogP contribution is 2.01. The Bertz CT molecular complexity index is 257. The van der Waals surface area contributed by atoms with Crippen molar-refractivity contribution < 1.29 is 8.42 Å². The van der Waals surface area contributed by atoms with Crippen molar-refractivity contribution >= 4 is 21.6 Å². The molecule has 0 aromatic carbocycles. The monoisotopic (exact) mass is 210 g/mol. The highest BCUT2D eigenvalue weighted by Gasteiger charge is 2.13. The van der Waals surface area contributed by atoms with Crippen LogP contribution in [0.1, 0.15) is 6.92 Å². The van der Waals surface area contributed by atoms with Crippen molar-refractivity contribution in [2.24, 2.45) is 5.92 Å². The van der Waals surface area contributed by atoms with Gasteiger partial charge in [-0.05, 0) is 5.92 Å². The second-order valence-corrected chi connectivity index (χ2v) is 4.68. The van der Waals surface area contributed by atoms with Crippen LogP contribution in [0, 0.1) is 17.2 Å². The third kappa shape index (κ3) is 5.35. The average Bonchev–Trinajstić information content (AvgIpc) is 2.00. The van der Waals surface area contributed by atoms with E-state index in [2.05, 4.69) is 4.72 Å². The molecule has 0 aliphatic heterocycles. The standard InChI is InChI=1S/C6H11ClN2O2S/c1-6(4-7)5-12(10,11)9-3-2-8/h6,9H,3-5H2,1H3. The van der Waals surface area contributed by atoms with Crippen LogP contribution in [0.25, 0.3) is 0 Å². The Labute approximate surface area is 77.6 Å². The maximum absolute atomic E-state index is 11.0. The SMILES string of the molecule is CC(CCl)CS(=O)(=O)NCC#N. The van der Waals surface area contributed by atoms with Gasteiger partial charge < -0.3 is 0 Å². The smallest absolute Gasteiger partial charge is 0.212 e. The van der Waals surface area contributed by atoms with Crippen molar-refractivity contribution in [3.05, 3.63) is 0 Å². The molecule has 0 aliphatic rings. The van der Waals surface area contributed by atoms with Crippen LogP contribution < -0.4 is 4.72 Å². The number of nitrogens with one attached hydrogen (secondary N) is 1. The molecular formula is C6H11ClN2O2S. The predicted molar refractivity (Wildman–Crippen MR) is 47.3 cm³/mol. The lowest BCUT2D eigenvalue weighted by Gasteiger charge is -2.07. The molecule has 0 saturated heterocycles. The quantitative estimate of drug-likeness (QED) is 0.524. The van der Waals surface area contributed by atoms with E-state index >= 15 is 0 Å². The third-order valence-corrected chi connectivity index (χ3v) is 3.26. The van der Waals surface area contributed by atoms with Crippen LogP contribution in [0.3, 0.4) is 0 Å². The summed E-state index contributed by atoms with van der Waals surface area (Å²) in [7, 11) is -3.31. The Morgan fingerprint density at radius 3 is 2.67 bits per heavy atom. The zero-order valence-corrected chi connectivity index (χ0v) is 8.32. The van der Waals surface area contributed by atoms with Gasteiger partial charge in [0.05, 0.1) is 18.4 Å². The Kier molecular flexibility index (Phi) is 5.22. The van der Waals surface area contributed by atoms with E-state index < -0.39 is 10.0 Å². The number of hydrogen-bond donors (Lipinski definition) is 1. The van der Waals surface area contributed by atoms with Crippen LogP contribution >= 0.6 is 11.6 Å². The molecule has 1 N–H and O–H groups in total. The van der Waals surface area contributed by atoms with E-state index in [1.165, 1.54) is 0 Å². The zero-order valence-electron chi connectivity index (χ0n) is 6.75. The Hall–Kier alpha value is -0.310. The molecule has 1 unspecified atom stereocenters. The van der Waals surface area contributed by atoms with Crippen molar-refractivity contribution in [1.29, 1.82) is 5.26 Å². The first kappa shape index (κ1) is 11.7. The van der Waals surface area contributed by atoms with E-state index in [0.717, 1.165) is 0 Å². The van der Waals surface area contributed by atoms with Crippen molar-refractivity contribution in [1.82, 2.24) is 4.72 Å². The summed E-state index contributed by atoms with van der Waals surface area (Å²) in [5.41, 5.74) is 0. The van der Waals surface area contributed by atoms with E-state index in [9.17, 15) is 8.42 Å². The topological polar surface area (TPSA) is 70.0 Å². The van der Waals surface area contributed by atoms with Crippen LogP contribution in [0.15, 0.2) is 0 Å². The van der Waals surface area contributed by atoms with Gasteiger partial charge in [-0.2, -0.15) is 5.26 Å². The fourth-order valence-corrected chi connectivity index (χ4v) is 2.13. The van der Waals surface area contributed by atoms with Gasteiger partial charge in [-0.3, -0.25) is 0 Å². The van der Waals surface area contributed by atoms with Crippen molar-refractivity contribution in [3.63, 3.8) is 0 Å². The fraction of sp³-hybridized carbons (Fsp3) is 0.833. The molecule has 12 heavy (non-hydrogen) atoms. The molecule has 0 radical (unpaired) electrons. The number of rotatable bonds is 5. The fourth-order valence-electron chi connectivity index (χ4n) is 0.620. The Morgan fingerprint density at radius 1 is 1.67 bits per heavy atom. The summed E-state index contributed by atoms with van der Waals surface area (Å²) in [6.07, 6.45) is 0. The van der Waals surface area contributed by atoms with Crippen LogP contribution in [0.2, 0.25) is 0 Å². The largest absolute Gasteiger partial charge is 0.212 e. The van der Waals surface area contributed by atoms with Gasteiger partial charge in [0, 0.05) is 5.88 Å². The molecule has 0 rings (SSSR count). The van der Waals surface area contributed by atoms with Crippen molar-refractivity contribution in [2.45, 2.75) is 6.92 Å². The average molecular weight is 211 g/mol. The van der Waals surface area contributed by atoms with Gasteiger partial charge in [-0.25, -0.2) is 13.1 Å². The summed E-state index contributed by atoms with van der Waals surface area (Å²) in [4.78, 5) is 0. The van der Waals surface area contributed by atoms with Crippen LogP contribution in [0.5, 0.6) is 0 Å². The van der Waals surface area contributed by atoms with E-state index in [4.69, 9.17) is 16.9 Å². The molecule has 70 valence electrons. The number of nitrogens with zero attached hydrogens (tertiary/aromatic N) is 1. The number of sulfonamides is 1. The maximum atomic E-state index is 11.0. The lowest BCUT2D eigenvalue weighted by Crippen LogP contribution is -2.29. The number of nitriles is 1. The summed E-state index contributed by atoms with van der Waals surface area (Å²) >= 11 is 5.43. The van der Waals surface area contributed by atoms with Crippen LogP contribution in [-0.4, -0.2) is 26.6 Å². The van der Waals surface area contributed by atoms with Gasteiger partial charge in [-0.1, -0.05) is 6.92 Å². The number of halogens is 1. The van der Waals surface area contributed by atoms with Crippen LogP contribution in [-0.2, 0) is 10.0 Å². The first-order chi connectivity index (χ1) is 5.52. The molecule has 6 heteroatoms. The lowest BCUT2D eigenvalue weighted by atomic mass is 10.3. The predicted octanol–water partition coefficient (Wildman–Crippen LogP) is 0.304. The molecule has 0 aromatic rings. The van der Waals surface area contributed by atoms with E-state index in [1.54, 1.807) is 13.0 Å². The highest BCUT2D eigenvalue weighted by molar-refractivity contribution is 7.89. The van der Waals surface area contributed by atoms with E-state index in [0.29, 0.717) is 5.88 Å². The van der Waals surface area contributed by atoms with Gasteiger partial charge in [0.15, 0.2) is 0 Å². The molecule has 0 fully saturated rings. The van der Waals surface area contributed by atoms with Gasteiger partial charge in [0.1, 0.15) is 0 Å². The molecule has 0 amide bonds. The summed E-state index contributed by atoms with van der Waals surface area (Å²) in [6, 6.07) is 1.69. The van der Waals surface area contributed by atoms with Gasteiger partial charge in [0.25, 0.3) is 0 Å². The van der Waals surface area contributed by atoms with Crippen molar-refractivity contribution in [3.8, 4) is 6.07 Å². The molecule has 0 heterocycles. The summed E-state index contributed by atoms with van der Waals surface area (Å²) in [5, 5.41) is 8.12. The summed E-state index contributed by atoms with van der Waals surface area (Å²) < 4.78 is 24.2. The minimum Gasteiger partial charge on any atom is -0.212 e. The minimum absolute atomic E-state index is 0.0296. The minimum atomic E-state index is -3.31. The molecule has 0 aromatic heterocycles. The second kappa shape index (κ2) is 5.36. The van der Waals surface area contributed by atoms with Crippen molar-refractivity contribution in [2.75, 3.05) is 18.2 Å². The maximum Gasteiger partial charge on any atom is 0.212 e. The van der Waals surface area contributed by atoms with E-state index in [1.807, 2.05) is 0 Å². The number of hydrogen-bond acceptors (Lipinski definition) is 3. The molecule has 0 aliphatic carbocycles. The Morgan fingerprint density at radius 2 is 2.25 bits per heavy atom. The van der Waals surface area contributed by atoms with Crippen LogP contribution in [0.4, 0.5) is 0 Å². The lowest BCUT2D eigenvalue weighted by molar-refractivity contribution is 0.573. The zero-order chi connectivity index (χ0) is 9.61. The van der Waals surface area contributed by atoms with Gasteiger partial charge >= 0.3 is 0 Å². The van der Waals surface area contributed by atoms with Gasteiger partial charge in [-0.15, -0.1) is 11.6 Å². The molecular weight excluding hydrogens is 200 g/mol. The first-order valence-electron chi connectivity index (χ1n) is 3.42. The number of alkyl halides is 1. The molecule has 0 bridgehead atoms. The first-order valence-corrected chi connectivity index (χ1v) is 5.60. The summed E-state index contributed by atoms with van der Waals surface area (Å²) in [5.74, 6) is 0.175. The highest BCUT2D eigenvalue weighted by atomic mass is 35.5. The third-order valence-electron chi connectivity index (χ3n) is 1.14. The van der Waals surface area contributed by atoms with E-state index in [-0.39, 0.29) is 18.2 Å². The molecule has 4 nitrogen and oxygen atoms in total. The molecule has 1 atom stereocenters. The normalized spacial score (nSPS) is 13.8. The molecule has 0 saturated carbocycles. The molecule has 0 spiro atoms. The second-order valence-electron chi connectivity index (χ2n) is 2.52. The summed E-state index contributed by atoms with van der Waals surface area (Å²) in [6.45, 7) is 1.55.